The van der Waals surface area contributed by atoms with E-state index >= 15 is 0 Å². The Bertz CT molecular complexity index is 907. The molecule has 0 saturated heterocycles. The van der Waals surface area contributed by atoms with Crippen molar-refractivity contribution in [2.24, 2.45) is 0 Å². The average Bonchev–Trinajstić information content (AvgIpc) is 3.17. The van der Waals surface area contributed by atoms with Crippen LogP contribution >= 0.6 is 11.3 Å². The largest absolute Gasteiger partial charge is 0.492 e. The van der Waals surface area contributed by atoms with Gasteiger partial charge in [-0.25, -0.2) is 4.98 Å². The molecule has 5 nitrogen and oxygen atoms in total. The normalized spacial score (nSPS) is 11.1. The highest BCUT2D eigenvalue weighted by atomic mass is 32.1. The number of nitrogens with zero attached hydrogens (tertiary/aromatic N) is 2. The maximum absolute atomic E-state index is 13.3. The van der Waals surface area contributed by atoms with E-state index in [1.807, 2.05) is 60.4 Å². The Labute approximate surface area is 170 Å². The van der Waals surface area contributed by atoms with E-state index in [1.165, 1.54) is 16.2 Å². The number of amides is 1. The van der Waals surface area contributed by atoms with Gasteiger partial charge >= 0.3 is 0 Å². The number of carbonyl (C=O) groups is 1. The zero-order valence-corrected chi connectivity index (χ0v) is 17.6. The molecular weight excluding hydrogens is 370 g/mol. The van der Waals surface area contributed by atoms with Crippen LogP contribution in [-0.2, 0) is 0 Å². The molecule has 6 heteroatoms. The molecule has 0 spiro atoms. The number of likely N-dealkylation sites (N-methyl/N-ethyl adjacent to an activating group) is 1. The second-order valence-corrected chi connectivity index (χ2v) is 7.57. The maximum Gasteiger partial charge on any atom is 0.260 e. The summed E-state index contributed by atoms with van der Waals surface area (Å²) in [6.45, 7) is 10.5. The molecule has 0 unspecified atom stereocenters. The van der Waals surface area contributed by atoms with Gasteiger partial charge < -0.3 is 9.64 Å². The van der Waals surface area contributed by atoms with Gasteiger partial charge in [-0.05, 0) is 45.0 Å². The van der Waals surface area contributed by atoms with Crippen molar-refractivity contribution in [3.8, 4) is 5.75 Å². The van der Waals surface area contributed by atoms with Crippen molar-refractivity contribution in [2.75, 3.05) is 37.7 Å². The Morgan fingerprint density at radius 3 is 2.50 bits per heavy atom. The summed E-state index contributed by atoms with van der Waals surface area (Å²) >= 11 is 1.54. The van der Waals surface area contributed by atoms with Crippen LogP contribution < -0.4 is 14.5 Å². The number of carbonyl (C=O) groups excluding carboxylic acids is 1. The van der Waals surface area contributed by atoms with Crippen LogP contribution in [0.5, 0.6) is 5.75 Å². The molecule has 1 aromatic heterocycles. The van der Waals surface area contributed by atoms with Crippen LogP contribution in [0.2, 0.25) is 0 Å². The number of aromatic nitrogens is 1. The van der Waals surface area contributed by atoms with Gasteiger partial charge in [-0.2, -0.15) is 0 Å². The number of thiazole rings is 1. The fraction of sp³-hybridized carbons (Fsp3) is 0.364. The van der Waals surface area contributed by atoms with Crippen LogP contribution in [0, 0.1) is 0 Å². The third-order valence-corrected chi connectivity index (χ3v) is 5.90. The van der Waals surface area contributed by atoms with E-state index in [2.05, 4.69) is 13.8 Å². The van der Waals surface area contributed by atoms with E-state index in [0.29, 0.717) is 18.7 Å². The molecule has 0 aliphatic carbocycles. The lowest BCUT2D eigenvalue weighted by Crippen LogP contribution is -3.12. The highest BCUT2D eigenvalue weighted by Crippen LogP contribution is 2.34. The van der Waals surface area contributed by atoms with E-state index in [0.717, 1.165) is 40.7 Å². The molecule has 3 rings (SSSR count). The van der Waals surface area contributed by atoms with E-state index in [-0.39, 0.29) is 5.91 Å². The van der Waals surface area contributed by atoms with E-state index in [4.69, 9.17) is 9.72 Å². The van der Waals surface area contributed by atoms with Crippen LogP contribution in [0.3, 0.4) is 0 Å². The number of para-hydroxylation sites is 1. The standard InChI is InChI=1S/C22H27N3O2S/c1-4-24(5-2)15-16-25(21(26)17-11-8-7-9-12-17)22-23-20-18(27-6-3)13-10-14-19(20)28-22/h7-14H,4-6,15-16H2,1-3H3/p+1. The van der Waals surface area contributed by atoms with Crippen molar-refractivity contribution < 1.29 is 14.4 Å². The molecule has 0 aliphatic heterocycles. The third kappa shape index (κ3) is 4.51. The highest BCUT2D eigenvalue weighted by molar-refractivity contribution is 7.22. The zero-order chi connectivity index (χ0) is 19.9. The van der Waals surface area contributed by atoms with Gasteiger partial charge in [-0.15, -0.1) is 0 Å². The minimum absolute atomic E-state index is 0.0100. The van der Waals surface area contributed by atoms with Crippen LogP contribution in [0.1, 0.15) is 31.1 Å². The minimum Gasteiger partial charge on any atom is -0.492 e. The van der Waals surface area contributed by atoms with Gasteiger partial charge in [0.25, 0.3) is 5.91 Å². The lowest BCUT2D eigenvalue weighted by molar-refractivity contribution is -0.894. The van der Waals surface area contributed by atoms with E-state index in [1.54, 1.807) is 0 Å². The smallest absolute Gasteiger partial charge is 0.260 e. The molecule has 3 aromatic rings. The molecule has 2 aromatic carbocycles. The Hall–Kier alpha value is -2.44. The van der Waals surface area contributed by atoms with Gasteiger partial charge in [-0.3, -0.25) is 9.69 Å². The quantitative estimate of drug-likeness (QED) is 0.602. The van der Waals surface area contributed by atoms with E-state index in [9.17, 15) is 4.79 Å². The van der Waals surface area contributed by atoms with Crippen molar-refractivity contribution in [1.82, 2.24) is 4.98 Å². The fourth-order valence-electron chi connectivity index (χ4n) is 3.19. The topological polar surface area (TPSA) is 46.9 Å². The molecule has 0 saturated carbocycles. The van der Waals surface area contributed by atoms with Crippen molar-refractivity contribution >= 4 is 32.6 Å². The molecule has 148 valence electrons. The zero-order valence-electron chi connectivity index (χ0n) is 16.8. The number of quaternary nitrogens is 1. The van der Waals surface area contributed by atoms with Crippen molar-refractivity contribution in [2.45, 2.75) is 20.8 Å². The van der Waals surface area contributed by atoms with Crippen molar-refractivity contribution in [1.29, 1.82) is 0 Å². The maximum atomic E-state index is 13.3. The Morgan fingerprint density at radius 2 is 1.82 bits per heavy atom. The number of rotatable bonds is 9. The van der Waals surface area contributed by atoms with E-state index < -0.39 is 0 Å². The number of hydrogen-bond donors (Lipinski definition) is 1. The van der Waals surface area contributed by atoms with Crippen LogP contribution in [0.4, 0.5) is 5.13 Å². The first-order valence-corrected chi connectivity index (χ1v) is 10.7. The number of benzene rings is 2. The molecule has 1 heterocycles. The summed E-state index contributed by atoms with van der Waals surface area (Å²) in [7, 11) is 0. The Kier molecular flexibility index (Phi) is 7.01. The molecule has 0 atom stereocenters. The van der Waals surface area contributed by atoms with Gasteiger partial charge in [0, 0.05) is 5.56 Å². The summed E-state index contributed by atoms with van der Waals surface area (Å²) < 4.78 is 6.76. The monoisotopic (exact) mass is 398 g/mol. The first-order chi connectivity index (χ1) is 13.7. The molecule has 0 radical (unpaired) electrons. The number of nitrogens with one attached hydrogen (secondary N) is 1. The lowest BCUT2D eigenvalue weighted by atomic mass is 10.2. The Balaban J connectivity index is 1.97. The lowest BCUT2D eigenvalue weighted by Gasteiger charge is -2.23. The second kappa shape index (κ2) is 9.66. The number of ether oxygens (including phenoxy) is 1. The summed E-state index contributed by atoms with van der Waals surface area (Å²) in [6.07, 6.45) is 0. The Morgan fingerprint density at radius 1 is 1.07 bits per heavy atom. The van der Waals surface area contributed by atoms with Gasteiger partial charge in [0.1, 0.15) is 11.3 Å². The van der Waals surface area contributed by atoms with Gasteiger partial charge in [-0.1, -0.05) is 35.6 Å². The van der Waals surface area contributed by atoms with Gasteiger partial charge in [0.05, 0.1) is 37.5 Å². The van der Waals surface area contributed by atoms with Gasteiger partial charge in [0.2, 0.25) is 0 Å². The van der Waals surface area contributed by atoms with Crippen LogP contribution in [0.25, 0.3) is 10.2 Å². The summed E-state index contributed by atoms with van der Waals surface area (Å²) in [4.78, 5) is 21.4. The third-order valence-electron chi connectivity index (χ3n) is 4.86. The summed E-state index contributed by atoms with van der Waals surface area (Å²) in [5.74, 6) is 0.758. The molecule has 28 heavy (non-hydrogen) atoms. The molecule has 0 fully saturated rings. The van der Waals surface area contributed by atoms with Crippen LogP contribution in [-0.4, -0.2) is 43.7 Å². The number of hydrogen-bond acceptors (Lipinski definition) is 4. The summed E-state index contributed by atoms with van der Waals surface area (Å²) in [5.41, 5.74) is 1.51. The second-order valence-electron chi connectivity index (χ2n) is 6.56. The first-order valence-electron chi connectivity index (χ1n) is 9.90. The molecule has 0 bridgehead atoms. The average molecular weight is 399 g/mol. The van der Waals surface area contributed by atoms with Crippen LogP contribution in [0.15, 0.2) is 48.5 Å². The van der Waals surface area contributed by atoms with Crippen molar-refractivity contribution in [3.05, 3.63) is 54.1 Å². The molecule has 0 aliphatic rings. The minimum atomic E-state index is -0.0100. The predicted octanol–water partition coefficient (Wildman–Crippen LogP) is 3.27. The molecular formula is C22H28N3O2S+. The summed E-state index contributed by atoms with van der Waals surface area (Å²) in [5, 5.41) is 0.725. The molecule has 1 amide bonds. The first kappa shape index (κ1) is 20.3. The number of fused-ring (bicyclic) bond motifs is 1. The van der Waals surface area contributed by atoms with Crippen molar-refractivity contribution in [3.63, 3.8) is 0 Å². The fourth-order valence-corrected chi connectivity index (χ4v) is 4.20. The predicted molar refractivity (Wildman–Crippen MR) is 116 cm³/mol. The SMILES string of the molecule is CCOc1cccc2sc(N(CC[NH+](CC)CC)C(=O)c3ccccc3)nc12. The molecule has 1 N–H and O–H groups in total. The van der Waals surface area contributed by atoms with Gasteiger partial charge in [0.15, 0.2) is 5.13 Å². The highest BCUT2D eigenvalue weighted by Gasteiger charge is 2.23. The summed E-state index contributed by atoms with van der Waals surface area (Å²) in [6, 6.07) is 15.4. The number of anilines is 1.